The molecule has 2 aliphatic heterocycles. The Balaban J connectivity index is 1.43. The fourth-order valence-corrected chi connectivity index (χ4v) is 4.70. The summed E-state index contributed by atoms with van der Waals surface area (Å²) in [5.74, 6) is 0. The van der Waals surface area contributed by atoms with E-state index in [0.29, 0.717) is 5.41 Å². The zero-order valence-corrected chi connectivity index (χ0v) is 16.0. The predicted molar refractivity (Wildman–Crippen MR) is 107 cm³/mol. The van der Waals surface area contributed by atoms with Gasteiger partial charge in [0.05, 0.1) is 6.67 Å². The lowest BCUT2D eigenvalue weighted by atomic mass is 9.72. The van der Waals surface area contributed by atoms with E-state index in [1.807, 2.05) is 0 Å². The van der Waals surface area contributed by atoms with Gasteiger partial charge in [0.15, 0.2) is 0 Å². The van der Waals surface area contributed by atoms with Crippen LogP contribution in [0.25, 0.3) is 0 Å². The van der Waals surface area contributed by atoms with Crippen LogP contribution in [0.3, 0.4) is 0 Å². The van der Waals surface area contributed by atoms with Gasteiger partial charge < -0.3 is 10.6 Å². The van der Waals surface area contributed by atoms with E-state index in [9.17, 15) is 0 Å². The van der Waals surface area contributed by atoms with E-state index in [2.05, 4.69) is 52.0 Å². The molecule has 0 unspecified atom stereocenters. The lowest BCUT2D eigenvalue weighted by Crippen LogP contribution is -2.52. The maximum absolute atomic E-state index is 5.89. The molecule has 4 nitrogen and oxygen atoms in total. The van der Waals surface area contributed by atoms with Crippen molar-refractivity contribution in [3.8, 4) is 0 Å². The van der Waals surface area contributed by atoms with Gasteiger partial charge >= 0.3 is 0 Å². The van der Waals surface area contributed by atoms with E-state index < -0.39 is 0 Å². The van der Waals surface area contributed by atoms with Gasteiger partial charge in [-0.1, -0.05) is 31.5 Å². The molecule has 0 amide bonds. The standard InChI is InChI=1S/C21H36N4/c1-2-8-21(9-12-22)10-13-23(14-11-21)19-24-15-17-25(18-16-24)20-6-4-3-5-7-20/h3-7H,2,8-19,22H2,1H3. The van der Waals surface area contributed by atoms with Crippen LogP contribution < -0.4 is 10.6 Å². The second-order valence-corrected chi connectivity index (χ2v) is 7.99. The average Bonchev–Trinajstić information content (AvgIpc) is 2.66. The fourth-order valence-electron chi connectivity index (χ4n) is 4.70. The van der Waals surface area contributed by atoms with E-state index in [1.165, 1.54) is 64.0 Å². The van der Waals surface area contributed by atoms with Crippen molar-refractivity contribution in [1.29, 1.82) is 0 Å². The Morgan fingerprint density at radius 3 is 2.12 bits per heavy atom. The molecule has 0 aliphatic carbocycles. The minimum Gasteiger partial charge on any atom is -0.369 e. The maximum Gasteiger partial charge on any atom is 0.0507 e. The van der Waals surface area contributed by atoms with Crippen LogP contribution in [0.15, 0.2) is 30.3 Å². The summed E-state index contributed by atoms with van der Waals surface area (Å²) in [7, 11) is 0. The van der Waals surface area contributed by atoms with Crippen LogP contribution in [0.5, 0.6) is 0 Å². The van der Waals surface area contributed by atoms with Crippen molar-refractivity contribution in [2.45, 2.75) is 39.0 Å². The van der Waals surface area contributed by atoms with Crippen LogP contribution in [0.4, 0.5) is 5.69 Å². The summed E-state index contributed by atoms with van der Waals surface area (Å²) in [6.07, 6.45) is 6.53. The molecule has 0 aromatic heterocycles. The molecule has 0 saturated carbocycles. The van der Waals surface area contributed by atoms with Gasteiger partial charge in [0.2, 0.25) is 0 Å². The summed E-state index contributed by atoms with van der Waals surface area (Å²) < 4.78 is 0. The van der Waals surface area contributed by atoms with Crippen LogP contribution in [-0.2, 0) is 0 Å². The molecule has 0 atom stereocenters. The van der Waals surface area contributed by atoms with Crippen LogP contribution in [0, 0.1) is 5.41 Å². The van der Waals surface area contributed by atoms with Gasteiger partial charge in [-0.15, -0.1) is 0 Å². The molecule has 25 heavy (non-hydrogen) atoms. The minimum absolute atomic E-state index is 0.534. The number of nitrogens with zero attached hydrogens (tertiary/aromatic N) is 3. The Bertz CT molecular complexity index is 480. The summed E-state index contributed by atoms with van der Waals surface area (Å²) in [4.78, 5) is 7.82. The summed E-state index contributed by atoms with van der Waals surface area (Å²) in [6.45, 7) is 11.4. The minimum atomic E-state index is 0.534. The third-order valence-electron chi connectivity index (χ3n) is 6.27. The van der Waals surface area contributed by atoms with E-state index in [4.69, 9.17) is 5.73 Å². The second kappa shape index (κ2) is 9.02. The molecule has 0 spiro atoms. The number of hydrogen-bond acceptors (Lipinski definition) is 4. The number of likely N-dealkylation sites (tertiary alicyclic amines) is 1. The van der Waals surface area contributed by atoms with Crippen LogP contribution in [0.1, 0.15) is 39.0 Å². The van der Waals surface area contributed by atoms with Gasteiger partial charge in [0, 0.05) is 31.9 Å². The summed E-state index contributed by atoms with van der Waals surface area (Å²) in [5, 5.41) is 0. The first-order chi connectivity index (χ1) is 12.2. The number of piperidine rings is 1. The molecule has 1 aromatic rings. The summed E-state index contributed by atoms with van der Waals surface area (Å²) >= 11 is 0. The van der Waals surface area contributed by atoms with E-state index in [1.54, 1.807) is 0 Å². The number of para-hydroxylation sites is 1. The molecule has 2 fully saturated rings. The van der Waals surface area contributed by atoms with Crippen molar-refractivity contribution in [2.24, 2.45) is 11.1 Å². The normalized spacial score (nSPS) is 22.2. The lowest BCUT2D eigenvalue weighted by molar-refractivity contribution is 0.0452. The molecule has 2 aliphatic rings. The van der Waals surface area contributed by atoms with E-state index in [-0.39, 0.29) is 0 Å². The number of benzene rings is 1. The molecule has 0 bridgehead atoms. The fraction of sp³-hybridized carbons (Fsp3) is 0.714. The first kappa shape index (κ1) is 18.7. The van der Waals surface area contributed by atoms with Gasteiger partial charge in [-0.2, -0.15) is 0 Å². The zero-order valence-electron chi connectivity index (χ0n) is 16.0. The third kappa shape index (κ3) is 4.96. The van der Waals surface area contributed by atoms with E-state index >= 15 is 0 Å². The van der Waals surface area contributed by atoms with Crippen molar-refractivity contribution < 1.29 is 0 Å². The number of nitrogens with two attached hydrogens (primary N) is 1. The first-order valence-electron chi connectivity index (χ1n) is 10.2. The van der Waals surface area contributed by atoms with Gasteiger partial charge in [-0.25, -0.2) is 0 Å². The molecular weight excluding hydrogens is 308 g/mol. The van der Waals surface area contributed by atoms with Crippen molar-refractivity contribution in [3.05, 3.63) is 30.3 Å². The van der Waals surface area contributed by atoms with Crippen LogP contribution >= 0.6 is 0 Å². The van der Waals surface area contributed by atoms with Gasteiger partial charge in [-0.05, 0) is 62.9 Å². The Morgan fingerprint density at radius 2 is 1.52 bits per heavy atom. The largest absolute Gasteiger partial charge is 0.369 e. The van der Waals surface area contributed by atoms with E-state index in [0.717, 1.165) is 26.3 Å². The van der Waals surface area contributed by atoms with Crippen molar-refractivity contribution in [3.63, 3.8) is 0 Å². The highest BCUT2D eigenvalue weighted by molar-refractivity contribution is 5.46. The van der Waals surface area contributed by atoms with Crippen LogP contribution in [0.2, 0.25) is 0 Å². The third-order valence-corrected chi connectivity index (χ3v) is 6.27. The lowest BCUT2D eigenvalue weighted by Gasteiger charge is -2.44. The van der Waals surface area contributed by atoms with Crippen LogP contribution in [-0.4, -0.2) is 62.3 Å². The molecule has 2 heterocycles. The Labute approximate surface area is 154 Å². The molecular formula is C21H36N4. The maximum atomic E-state index is 5.89. The summed E-state index contributed by atoms with van der Waals surface area (Å²) in [5.41, 5.74) is 7.79. The number of piperazine rings is 1. The zero-order chi connectivity index (χ0) is 17.5. The Hall–Kier alpha value is -1.10. The number of anilines is 1. The molecule has 140 valence electrons. The summed E-state index contributed by atoms with van der Waals surface area (Å²) in [6, 6.07) is 10.8. The number of rotatable bonds is 7. The Morgan fingerprint density at radius 1 is 0.880 bits per heavy atom. The number of hydrogen-bond donors (Lipinski definition) is 1. The average molecular weight is 345 g/mol. The van der Waals surface area contributed by atoms with Gasteiger partial charge in [0.1, 0.15) is 0 Å². The monoisotopic (exact) mass is 344 g/mol. The molecule has 3 rings (SSSR count). The second-order valence-electron chi connectivity index (χ2n) is 7.99. The van der Waals surface area contributed by atoms with Crippen molar-refractivity contribution in [2.75, 3.05) is 57.4 Å². The Kier molecular flexibility index (Phi) is 6.74. The predicted octanol–water partition coefficient (Wildman–Crippen LogP) is 3.00. The highest BCUT2D eigenvalue weighted by atomic mass is 15.3. The molecule has 2 N–H and O–H groups in total. The first-order valence-corrected chi connectivity index (χ1v) is 10.2. The SMILES string of the molecule is CCCC1(CCN)CCN(CN2CCN(c3ccccc3)CC2)CC1. The quantitative estimate of drug-likeness (QED) is 0.825. The van der Waals surface area contributed by atoms with Gasteiger partial charge in [0.25, 0.3) is 0 Å². The van der Waals surface area contributed by atoms with Gasteiger partial charge in [-0.3, -0.25) is 9.80 Å². The smallest absolute Gasteiger partial charge is 0.0507 e. The molecule has 2 saturated heterocycles. The highest BCUT2D eigenvalue weighted by Gasteiger charge is 2.33. The van der Waals surface area contributed by atoms with Crippen molar-refractivity contribution in [1.82, 2.24) is 9.80 Å². The molecule has 4 heteroatoms. The van der Waals surface area contributed by atoms with Crippen molar-refractivity contribution >= 4 is 5.69 Å². The topological polar surface area (TPSA) is 35.7 Å². The molecule has 0 radical (unpaired) electrons. The highest BCUT2D eigenvalue weighted by Crippen LogP contribution is 2.39. The molecule has 1 aromatic carbocycles.